The molecule has 1 aromatic rings. The molecule has 1 aromatic carbocycles. The van der Waals surface area contributed by atoms with Gasteiger partial charge in [-0.3, -0.25) is 4.79 Å². The van der Waals surface area contributed by atoms with E-state index < -0.39 is 0 Å². The first kappa shape index (κ1) is 15.7. The second-order valence-electron chi connectivity index (χ2n) is 4.14. The van der Waals surface area contributed by atoms with Crippen LogP contribution in [0.1, 0.15) is 29.6 Å². The Kier molecular flexibility index (Phi) is 6.96. The average Bonchev–Trinajstić information content (AvgIpc) is 2.37. The van der Waals surface area contributed by atoms with E-state index in [1.54, 1.807) is 24.1 Å². The van der Waals surface area contributed by atoms with Crippen LogP contribution < -0.4 is 0 Å². The quantitative estimate of drug-likeness (QED) is 0.607. The monoisotopic (exact) mass is 381 g/mol. The number of unbranched alkanes of at least 4 members (excludes halogenated alkanes) is 2. The fraction of sp³-hybridized carbons (Fsp3) is 0.462. The first-order valence-electron chi connectivity index (χ1n) is 5.87. The second kappa shape index (κ2) is 7.96. The third kappa shape index (κ3) is 4.74. The van der Waals surface area contributed by atoms with Crippen molar-refractivity contribution in [2.75, 3.05) is 20.2 Å². The molecule has 0 aromatic heterocycles. The van der Waals surface area contributed by atoms with Crippen LogP contribution in [0.25, 0.3) is 0 Å². The van der Waals surface area contributed by atoms with Crippen LogP contribution in [0.15, 0.2) is 18.2 Å². The molecule has 0 saturated carbocycles. The predicted molar refractivity (Wildman–Crippen MR) is 82.1 cm³/mol. The van der Waals surface area contributed by atoms with Crippen molar-refractivity contribution in [3.05, 3.63) is 32.4 Å². The molecule has 0 aliphatic rings. The smallest absolute Gasteiger partial charge is 0.253 e. The van der Waals surface area contributed by atoms with E-state index in [0.29, 0.717) is 17.1 Å². The molecule has 1 amide bonds. The normalized spacial score (nSPS) is 10.4. The Bertz CT molecular complexity index is 412. The molecule has 0 aliphatic heterocycles. The van der Waals surface area contributed by atoms with Gasteiger partial charge in [-0.1, -0.05) is 11.6 Å². The fourth-order valence-corrected chi connectivity index (χ4v) is 2.10. The van der Waals surface area contributed by atoms with Gasteiger partial charge in [-0.25, -0.2) is 0 Å². The SMILES string of the molecule is CN(CCCCCO)C(=O)c1ccc(I)c(Cl)c1. The minimum absolute atomic E-state index is 0.0164. The van der Waals surface area contributed by atoms with Gasteiger partial charge in [-0.2, -0.15) is 0 Å². The Hall–Kier alpha value is -0.330. The van der Waals surface area contributed by atoms with Gasteiger partial charge in [0.1, 0.15) is 0 Å². The lowest BCUT2D eigenvalue weighted by molar-refractivity contribution is 0.0792. The van der Waals surface area contributed by atoms with E-state index in [1.165, 1.54) is 0 Å². The van der Waals surface area contributed by atoms with Crippen molar-refractivity contribution in [1.29, 1.82) is 0 Å². The van der Waals surface area contributed by atoms with Gasteiger partial charge in [-0.05, 0) is 60.1 Å². The highest BCUT2D eigenvalue weighted by Crippen LogP contribution is 2.20. The van der Waals surface area contributed by atoms with E-state index in [9.17, 15) is 4.79 Å². The van der Waals surface area contributed by atoms with Gasteiger partial charge in [0.2, 0.25) is 0 Å². The highest BCUT2D eigenvalue weighted by atomic mass is 127. The van der Waals surface area contributed by atoms with E-state index in [0.717, 1.165) is 22.8 Å². The van der Waals surface area contributed by atoms with Crippen LogP contribution in [-0.2, 0) is 0 Å². The summed E-state index contributed by atoms with van der Waals surface area (Å²) in [6.07, 6.45) is 2.62. The molecule has 0 spiro atoms. The van der Waals surface area contributed by atoms with E-state index in [2.05, 4.69) is 22.6 Å². The Morgan fingerprint density at radius 1 is 1.39 bits per heavy atom. The maximum atomic E-state index is 12.1. The summed E-state index contributed by atoms with van der Waals surface area (Å²) >= 11 is 8.14. The van der Waals surface area contributed by atoms with E-state index in [1.807, 2.05) is 6.07 Å². The molecule has 0 radical (unpaired) electrons. The summed E-state index contributed by atoms with van der Waals surface area (Å²) in [6, 6.07) is 5.34. The first-order chi connectivity index (χ1) is 8.56. The number of aliphatic hydroxyl groups excluding tert-OH is 1. The Balaban J connectivity index is 2.54. The number of nitrogens with zero attached hydrogens (tertiary/aromatic N) is 1. The molecule has 5 heteroatoms. The summed E-state index contributed by atoms with van der Waals surface area (Å²) in [6.45, 7) is 0.910. The van der Waals surface area contributed by atoms with Crippen LogP contribution in [0.2, 0.25) is 5.02 Å². The van der Waals surface area contributed by atoms with Crippen LogP contribution in [0, 0.1) is 3.57 Å². The maximum Gasteiger partial charge on any atom is 0.253 e. The fourth-order valence-electron chi connectivity index (χ4n) is 1.59. The van der Waals surface area contributed by atoms with Gasteiger partial charge in [0.05, 0.1) is 5.02 Å². The number of hydrogen-bond acceptors (Lipinski definition) is 2. The predicted octanol–water partition coefficient (Wildman–Crippen LogP) is 3.18. The van der Waals surface area contributed by atoms with Gasteiger partial charge in [0.15, 0.2) is 0 Å². The number of carbonyl (C=O) groups excluding carboxylic acids is 1. The van der Waals surface area contributed by atoms with Gasteiger partial charge in [-0.15, -0.1) is 0 Å². The molecule has 18 heavy (non-hydrogen) atoms. The Morgan fingerprint density at radius 2 is 2.11 bits per heavy atom. The molecule has 0 unspecified atom stereocenters. The van der Waals surface area contributed by atoms with E-state index in [-0.39, 0.29) is 12.5 Å². The minimum Gasteiger partial charge on any atom is -0.396 e. The molecule has 1 rings (SSSR count). The topological polar surface area (TPSA) is 40.5 Å². The van der Waals surface area contributed by atoms with E-state index >= 15 is 0 Å². The molecule has 3 nitrogen and oxygen atoms in total. The van der Waals surface area contributed by atoms with Crippen molar-refractivity contribution in [3.8, 4) is 0 Å². The summed E-state index contributed by atoms with van der Waals surface area (Å²) < 4.78 is 0.941. The summed E-state index contributed by atoms with van der Waals surface area (Å²) in [5, 5.41) is 9.29. The van der Waals surface area contributed by atoms with Crippen LogP contribution >= 0.6 is 34.2 Å². The first-order valence-corrected chi connectivity index (χ1v) is 7.33. The summed E-state index contributed by atoms with van der Waals surface area (Å²) in [5.74, 6) is -0.0164. The number of halogens is 2. The third-order valence-electron chi connectivity index (χ3n) is 2.66. The zero-order valence-electron chi connectivity index (χ0n) is 10.3. The molecule has 0 bridgehead atoms. The third-order valence-corrected chi connectivity index (χ3v) is 4.24. The number of amides is 1. The van der Waals surface area contributed by atoms with Crippen molar-refractivity contribution >= 4 is 40.1 Å². The van der Waals surface area contributed by atoms with Gasteiger partial charge in [0, 0.05) is 29.3 Å². The minimum atomic E-state index is -0.0164. The van der Waals surface area contributed by atoms with Crippen LogP contribution in [0.3, 0.4) is 0 Å². The largest absolute Gasteiger partial charge is 0.396 e. The molecule has 0 heterocycles. The van der Waals surface area contributed by atoms with Crippen LogP contribution in [0.4, 0.5) is 0 Å². The van der Waals surface area contributed by atoms with Gasteiger partial charge in [0.25, 0.3) is 5.91 Å². The number of rotatable bonds is 6. The molecule has 0 aliphatic carbocycles. The lowest BCUT2D eigenvalue weighted by Gasteiger charge is -2.17. The molecule has 0 atom stereocenters. The second-order valence-corrected chi connectivity index (χ2v) is 5.71. The van der Waals surface area contributed by atoms with Crippen LogP contribution in [-0.4, -0.2) is 36.1 Å². The zero-order valence-corrected chi connectivity index (χ0v) is 13.2. The molecular formula is C13H17ClINO2. The van der Waals surface area contributed by atoms with Crippen molar-refractivity contribution < 1.29 is 9.90 Å². The Morgan fingerprint density at radius 3 is 2.72 bits per heavy atom. The van der Waals surface area contributed by atoms with Gasteiger partial charge < -0.3 is 10.0 Å². The van der Waals surface area contributed by atoms with Crippen molar-refractivity contribution in [2.45, 2.75) is 19.3 Å². The molecule has 0 saturated heterocycles. The summed E-state index contributed by atoms with van der Waals surface area (Å²) in [7, 11) is 1.78. The summed E-state index contributed by atoms with van der Waals surface area (Å²) in [5.41, 5.74) is 0.616. The molecule has 1 N–H and O–H groups in total. The number of benzene rings is 1. The highest BCUT2D eigenvalue weighted by Gasteiger charge is 2.12. The van der Waals surface area contributed by atoms with Crippen molar-refractivity contribution in [1.82, 2.24) is 4.90 Å². The summed E-state index contributed by atoms with van der Waals surface area (Å²) in [4.78, 5) is 13.8. The lowest BCUT2D eigenvalue weighted by atomic mass is 10.2. The molecule has 100 valence electrons. The Labute approximate surface area is 126 Å². The number of aliphatic hydroxyl groups is 1. The molecule has 0 fully saturated rings. The average molecular weight is 382 g/mol. The van der Waals surface area contributed by atoms with Crippen molar-refractivity contribution in [3.63, 3.8) is 0 Å². The maximum absolute atomic E-state index is 12.1. The highest BCUT2D eigenvalue weighted by molar-refractivity contribution is 14.1. The number of hydrogen-bond donors (Lipinski definition) is 1. The van der Waals surface area contributed by atoms with Crippen LogP contribution in [0.5, 0.6) is 0 Å². The number of carbonyl (C=O) groups is 1. The standard InChI is InChI=1S/C13H17ClINO2/c1-16(7-3-2-4-8-17)13(18)10-5-6-12(15)11(14)9-10/h5-6,9,17H,2-4,7-8H2,1H3. The zero-order chi connectivity index (χ0) is 13.5. The van der Waals surface area contributed by atoms with Gasteiger partial charge >= 0.3 is 0 Å². The van der Waals surface area contributed by atoms with Crippen molar-refractivity contribution in [2.24, 2.45) is 0 Å². The lowest BCUT2D eigenvalue weighted by Crippen LogP contribution is -2.27. The van der Waals surface area contributed by atoms with E-state index in [4.69, 9.17) is 16.7 Å². The molecular weight excluding hydrogens is 365 g/mol.